The van der Waals surface area contributed by atoms with Crippen molar-refractivity contribution in [1.82, 2.24) is 4.90 Å². The highest BCUT2D eigenvalue weighted by Gasteiger charge is 2.09. The minimum Gasteiger partial charge on any atom is -0.491 e. The Balaban J connectivity index is 1.58. The summed E-state index contributed by atoms with van der Waals surface area (Å²) in [6.45, 7) is 9.35. The SMILES string of the molecule is C=CCc1ccccc1OCCOCCN1CCCCC1. The van der Waals surface area contributed by atoms with E-state index in [1.54, 1.807) is 0 Å². The van der Waals surface area contributed by atoms with Crippen LogP contribution in [0.25, 0.3) is 0 Å². The maximum Gasteiger partial charge on any atom is 0.122 e. The first-order valence-corrected chi connectivity index (χ1v) is 8.02. The average Bonchev–Trinajstić information content (AvgIpc) is 2.53. The summed E-state index contributed by atoms with van der Waals surface area (Å²) in [5.74, 6) is 0.942. The van der Waals surface area contributed by atoms with Crippen LogP contribution in [0, 0.1) is 0 Å². The van der Waals surface area contributed by atoms with E-state index in [1.807, 2.05) is 24.3 Å². The number of allylic oxidation sites excluding steroid dienone is 1. The summed E-state index contributed by atoms with van der Waals surface area (Å²) >= 11 is 0. The summed E-state index contributed by atoms with van der Waals surface area (Å²) in [6, 6.07) is 8.11. The second kappa shape index (κ2) is 9.59. The van der Waals surface area contributed by atoms with E-state index in [0.29, 0.717) is 13.2 Å². The zero-order valence-corrected chi connectivity index (χ0v) is 12.9. The van der Waals surface area contributed by atoms with Crippen molar-refractivity contribution in [2.24, 2.45) is 0 Å². The van der Waals surface area contributed by atoms with Crippen molar-refractivity contribution in [3.05, 3.63) is 42.5 Å². The van der Waals surface area contributed by atoms with Gasteiger partial charge in [-0.1, -0.05) is 30.7 Å². The molecule has 0 N–H and O–H groups in total. The molecule has 21 heavy (non-hydrogen) atoms. The third-order valence-electron chi connectivity index (χ3n) is 3.82. The Labute approximate surface area is 128 Å². The number of para-hydroxylation sites is 1. The summed E-state index contributed by atoms with van der Waals surface area (Å²) in [5, 5.41) is 0. The lowest BCUT2D eigenvalue weighted by molar-refractivity contribution is 0.0749. The van der Waals surface area contributed by atoms with Crippen molar-refractivity contribution < 1.29 is 9.47 Å². The molecule has 0 aliphatic carbocycles. The monoisotopic (exact) mass is 289 g/mol. The maximum atomic E-state index is 5.80. The third kappa shape index (κ3) is 5.90. The van der Waals surface area contributed by atoms with E-state index in [-0.39, 0.29) is 0 Å². The van der Waals surface area contributed by atoms with Crippen LogP contribution < -0.4 is 4.74 Å². The Morgan fingerprint density at radius 1 is 1.05 bits per heavy atom. The highest BCUT2D eigenvalue weighted by atomic mass is 16.5. The molecule has 3 nitrogen and oxygen atoms in total. The molecule has 0 saturated carbocycles. The molecule has 1 saturated heterocycles. The van der Waals surface area contributed by atoms with Crippen molar-refractivity contribution in [3.63, 3.8) is 0 Å². The fraction of sp³-hybridized carbons (Fsp3) is 0.556. The van der Waals surface area contributed by atoms with Gasteiger partial charge in [-0.05, 0) is 44.0 Å². The van der Waals surface area contributed by atoms with Gasteiger partial charge in [0.15, 0.2) is 0 Å². The second-order valence-corrected chi connectivity index (χ2v) is 5.46. The fourth-order valence-corrected chi connectivity index (χ4v) is 2.66. The zero-order chi connectivity index (χ0) is 14.8. The van der Waals surface area contributed by atoms with E-state index >= 15 is 0 Å². The molecule has 3 heteroatoms. The standard InChI is InChI=1S/C18H27NO2/c1-2-8-17-9-4-5-10-18(17)21-16-15-20-14-13-19-11-6-3-7-12-19/h2,4-5,9-10H,1,3,6-8,11-16H2. The molecular formula is C18H27NO2. The normalized spacial score (nSPS) is 15.8. The lowest BCUT2D eigenvalue weighted by Gasteiger charge is -2.26. The van der Waals surface area contributed by atoms with Crippen molar-refractivity contribution in [1.29, 1.82) is 0 Å². The molecule has 0 spiro atoms. The molecule has 1 heterocycles. The molecule has 1 aromatic carbocycles. The fourth-order valence-electron chi connectivity index (χ4n) is 2.66. The predicted octanol–water partition coefficient (Wildman–Crippen LogP) is 3.30. The van der Waals surface area contributed by atoms with Gasteiger partial charge in [-0.2, -0.15) is 0 Å². The highest BCUT2D eigenvalue weighted by molar-refractivity contribution is 5.34. The molecule has 2 rings (SSSR count). The summed E-state index contributed by atoms with van der Waals surface area (Å²) < 4.78 is 11.5. The van der Waals surface area contributed by atoms with E-state index in [2.05, 4.69) is 17.5 Å². The summed E-state index contributed by atoms with van der Waals surface area (Å²) in [4.78, 5) is 2.49. The summed E-state index contributed by atoms with van der Waals surface area (Å²) in [5.41, 5.74) is 1.18. The Morgan fingerprint density at radius 3 is 2.67 bits per heavy atom. The largest absolute Gasteiger partial charge is 0.491 e. The van der Waals surface area contributed by atoms with Crippen LogP contribution in [-0.2, 0) is 11.2 Å². The van der Waals surface area contributed by atoms with Crippen LogP contribution in [-0.4, -0.2) is 44.4 Å². The first-order valence-electron chi connectivity index (χ1n) is 8.02. The summed E-state index contributed by atoms with van der Waals surface area (Å²) in [6.07, 6.45) is 6.80. The van der Waals surface area contributed by atoms with Gasteiger partial charge in [0.1, 0.15) is 12.4 Å². The van der Waals surface area contributed by atoms with Gasteiger partial charge in [-0.15, -0.1) is 6.58 Å². The van der Waals surface area contributed by atoms with Crippen LogP contribution in [0.15, 0.2) is 36.9 Å². The van der Waals surface area contributed by atoms with Gasteiger partial charge in [0.25, 0.3) is 0 Å². The number of hydrogen-bond donors (Lipinski definition) is 0. The number of rotatable bonds is 9. The molecule has 0 radical (unpaired) electrons. The van der Waals surface area contributed by atoms with Gasteiger partial charge in [-0.3, -0.25) is 0 Å². The molecule has 1 aliphatic heterocycles. The van der Waals surface area contributed by atoms with Crippen LogP contribution in [0.4, 0.5) is 0 Å². The highest BCUT2D eigenvalue weighted by Crippen LogP contribution is 2.18. The van der Waals surface area contributed by atoms with Gasteiger partial charge in [-0.25, -0.2) is 0 Å². The van der Waals surface area contributed by atoms with E-state index in [0.717, 1.165) is 25.3 Å². The molecule has 1 fully saturated rings. The van der Waals surface area contributed by atoms with Crippen LogP contribution in [0.2, 0.25) is 0 Å². The van der Waals surface area contributed by atoms with E-state index in [9.17, 15) is 0 Å². The first-order chi connectivity index (χ1) is 10.4. The molecule has 0 bridgehead atoms. The van der Waals surface area contributed by atoms with Crippen molar-refractivity contribution >= 4 is 0 Å². The number of benzene rings is 1. The minimum absolute atomic E-state index is 0.605. The number of likely N-dealkylation sites (tertiary alicyclic amines) is 1. The van der Waals surface area contributed by atoms with Crippen molar-refractivity contribution in [2.45, 2.75) is 25.7 Å². The second-order valence-electron chi connectivity index (χ2n) is 5.46. The van der Waals surface area contributed by atoms with Gasteiger partial charge in [0, 0.05) is 6.54 Å². The number of nitrogens with zero attached hydrogens (tertiary/aromatic N) is 1. The molecule has 116 valence electrons. The quantitative estimate of drug-likeness (QED) is 0.514. The van der Waals surface area contributed by atoms with Gasteiger partial charge >= 0.3 is 0 Å². The summed E-state index contributed by atoms with van der Waals surface area (Å²) in [7, 11) is 0. The molecule has 0 atom stereocenters. The number of hydrogen-bond acceptors (Lipinski definition) is 3. The first kappa shape index (κ1) is 16.1. The van der Waals surface area contributed by atoms with Gasteiger partial charge in [0.2, 0.25) is 0 Å². The van der Waals surface area contributed by atoms with Crippen LogP contribution >= 0.6 is 0 Å². The van der Waals surface area contributed by atoms with E-state index < -0.39 is 0 Å². The van der Waals surface area contributed by atoms with E-state index in [1.165, 1.54) is 37.9 Å². The molecule has 0 aromatic heterocycles. The lowest BCUT2D eigenvalue weighted by Crippen LogP contribution is -2.32. The minimum atomic E-state index is 0.605. The maximum absolute atomic E-state index is 5.80. The van der Waals surface area contributed by atoms with Gasteiger partial charge in [0.05, 0.1) is 13.2 Å². The van der Waals surface area contributed by atoms with Crippen molar-refractivity contribution in [2.75, 3.05) is 39.5 Å². The van der Waals surface area contributed by atoms with Crippen molar-refractivity contribution in [3.8, 4) is 5.75 Å². The smallest absolute Gasteiger partial charge is 0.122 e. The van der Waals surface area contributed by atoms with E-state index in [4.69, 9.17) is 9.47 Å². The average molecular weight is 289 g/mol. The van der Waals surface area contributed by atoms with Gasteiger partial charge < -0.3 is 14.4 Å². The lowest BCUT2D eigenvalue weighted by atomic mass is 10.1. The molecular weight excluding hydrogens is 262 g/mol. The molecule has 1 aliphatic rings. The third-order valence-corrected chi connectivity index (χ3v) is 3.82. The Hall–Kier alpha value is -1.32. The number of piperidine rings is 1. The molecule has 1 aromatic rings. The molecule has 0 amide bonds. The van der Waals surface area contributed by atoms with Crippen LogP contribution in [0.1, 0.15) is 24.8 Å². The Kier molecular flexibility index (Phi) is 7.33. The molecule has 0 unspecified atom stereocenters. The Morgan fingerprint density at radius 2 is 1.86 bits per heavy atom. The zero-order valence-electron chi connectivity index (χ0n) is 12.9. The van der Waals surface area contributed by atoms with Crippen LogP contribution in [0.3, 0.4) is 0 Å². The predicted molar refractivity (Wildman–Crippen MR) is 86.9 cm³/mol. The Bertz CT molecular complexity index is 413. The van der Waals surface area contributed by atoms with Crippen LogP contribution in [0.5, 0.6) is 5.75 Å². The number of ether oxygens (including phenoxy) is 2. The topological polar surface area (TPSA) is 21.7 Å².